The first-order chi connectivity index (χ1) is 9.01. The van der Waals surface area contributed by atoms with Crippen molar-refractivity contribution < 1.29 is 9.59 Å². The highest BCUT2D eigenvalue weighted by atomic mass is 16.2. The van der Waals surface area contributed by atoms with Crippen LogP contribution in [0.4, 0.5) is 0 Å². The van der Waals surface area contributed by atoms with Crippen LogP contribution in [0.25, 0.3) is 0 Å². The highest BCUT2D eigenvalue weighted by molar-refractivity contribution is 5.98. The fourth-order valence-corrected chi connectivity index (χ4v) is 3.36. The molecule has 4 heteroatoms. The molecular formula is C15H26N2O2. The van der Waals surface area contributed by atoms with Gasteiger partial charge in [-0.1, -0.05) is 27.2 Å². The van der Waals surface area contributed by atoms with E-state index in [4.69, 9.17) is 0 Å². The normalized spacial score (nSPS) is 24.3. The number of hydrogen-bond acceptors (Lipinski definition) is 2. The molecular weight excluding hydrogens is 240 g/mol. The summed E-state index contributed by atoms with van der Waals surface area (Å²) < 4.78 is 0. The number of amides is 2. The molecule has 0 bridgehead atoms. The zero-order valence-corrected chi connectivity index (χ0v) is 12.4. The zero-order valence-electron chi connectivity index (χ0n) is 12.4. The molecule has 1 saturated heterocycles. The second-order valence-electron chi connectivity index (χ2n) is 6.25. The van der Waals surface area contributed by atoms with Crippen molar-refractivity contribution in [1.29, 1.82) is 0 Å². The lowest BCUT2D eigenvalue weighted by atomic mass is 9.88. The van der Waals surface area contributed by atoms with E-state index in [9.17, 15) is 9.59 Å². The molecule has 2 rings (SSSR count). The number of carbonyl (C=O) groups excluding carboxylic acids is 2. The van der Waals surface area contributed by atoms with Crippen LogP contribution in [0, 0.1) is 5.41 Å². The molecule has 1 heterocycles. The smallest absolute Gasteiger partial charge is 0.248 e. The topological polar surface area (TPSA) is 49.4 Å². The zero-order chi connectivity index (χ0) is 14.1. The van der Waals surface area contributed by atoms with Gasteiger partial charge < -0.3 is 10.2 Å². The van der Waals surface area contributed by atoms with Crippen LogP contribution in [-0.4, -0.2) is 35.3 Å². The Morgan fingerprint density at radius 3 is 2.26 bits per heavy atom. The van der Waals surface area contributed by atoms with E-state index in [2.05, 4.69) is 12.2 Å². The van der Waals surface area contributed by atoms with E-state index in [1.807, 2.05) is 18.7 Å². The maximum Gasteiger partial charge on any atom is 0.248 e. The van der Waals surface area contributed by atoms with E-state index < -0.39 is 5.54 Å². The summed E-state index contributed by atoms with van der Waals surface area (Å²) in [5.41, 5.74) is -0.340. The fourth-order valence-electron chi connectivity index (χ4n) is 3.36. The van der Waals surface area contributed by atoms with E-state index in [0.29, 0.717) is 18.3 Å². The second-order valence-corrected chi connectivity index (χ2v) is 6.25. The van der Waals surface area contributed by atoms with Crippen LogP contribution in [0.15, 0.2) is 0 Å². The van der Waals surface area contributed by atoms with Gasteiger partial charge in [0.25, 0.3) is 0 Å². The highest BCUT2D eigenvalue weighted by Gasteiger charge is 2.49. The molecule has 2 aliphatic rings. The van der Waals surface area contributed by atoms with Crippen molar-refractivity contribution in [3.05, 3.63) is 0 Å². The monoisotopic (exact) mass is 266 g/mol. The Morgan fingerprint density at radius 2 is 1.79 bits per heavy atom. The Labute approximate surface area is 115 Å². The predicted octanol–water partition coefficient (Wildman–Crippen LogP) is 2.08. The lowest BCUT2D eigenvalue weighted by molar-refractivity contribution is -0.151. The summed E-state index contributed by atoms with van der Waals surface area (Å²) in [6.07, 6.45) is 6.08. The molecule has 1 aliphatic heterocycles. The van der Waals surface area contributed by atoms with Crippen molar-refractivity contribution in [2.24, 2.45) is 5.41 Å². The van der Waals surface area contributed by atoms with Crippen molar-refractivity contribution in [2.75, 3.05) is 13.1 Å². The molecule has 0 unspecified atom stereocenters. The van der Waals surface area contributed by atoms with E-state index in [1.54, 1.807) is 0 Å². The molecule has 19 heavy (non-hydrogen) atoms. The summed E-state index contributed by atoms with van der Waals surface area (Å²) in [6.45, 7) is 7.16. The SMILES string of the molecule is CCCC1(CN2CC(=O)NC(CC)(CC)C2=O)CC1. The lowest BCUT2D eigenvalue weighted by Gasteiger charge is -2.42. The molecule has 2 fully saturated rings. The highest BCUT2D eigenvalue weighted by Crippen LogP contribution is 2.50. The van der Waals surface area contributed by atoms with Gasteiger partial charge in [0.1, 0.15) is 5.54 Å². The molecule has 0 aromatic carbocycles. The maximum absolute atomic E-state index is 12.7. The Kier molecular flexibility index (Phi) is 3.88. The van der Waals surface area contributed by atoms with Crippen LogP contribution in [0.3, 0.4) is 0 Å². The fraction of sp³-hybridized carbons (Fsp3) is 0.867. The molecule has 0 atom stereocenters. The molecule has 1 N–H and O–H groups in total. The summed E-state index contributed by atoms with van der Waals surface area (Å²) in [7, 11) is 0. The second kappa shape index (κ2) is 5.14. The van der Waals surface area contributed by atoms with E-state index in [-0.39, 0.29) is 18.4 Å². The van der Waals surface area contributed by atoms with Gasteiger partial charge in [-0.05, 0) is 37.5 Å². The molecule has 2 amide bonds. The third-order valence-electron chi connectivity index (χ3n) is 4.88. The van der Waals surface area contributed by atoms with Crippen LogP contribution >= 0.6 is 0 Å². The van der Waals surface area contributed by atoms with Gasteiger partial charge in [0.05, 0.1) is 6.54 Å². The van der Waals surface area contributed by atoms with Crippen LogP contribution in [0.1, 0.15) is 59.3 Å². The van der Waals surface area contributed by atoms with Gasteiger partial charge in [-0.3, -0.25) is 9.59 Å². The third-order valence-corrected chi connectivity index (χ3v) is 4.88. The van der Waals surface area contributed by atoms with E-state index in [1.165, 1.54) is 19.3 Å². The van der Waals surface area contributed by atoms with Gasteiger partial charge in [-0.2, -0.15) is 0 Å². The average Bonchev–Trinajstić information content (AvgIpc) is 3.14. The lowest BCUT2D eigenvalue weighted by Crippen LogP contribution is -2.66. The molecule has 1 saturated carbocycles. The van der Waals surface area contributed by atoms with Gasteiger partial charge in [-0.15, -0.1) is 0 Å². The van der Waals surface area contributed by atoms with E-state index >= 15 is 0 Å². The number of piperazine rings is 1. The Morgan fingerprint density at radius 1 is 1.16 bits per heavy atom. The summed E-state index contributed by atoms with van der Waals surface area (Å²) >= 11 is 0. The van der Waals surface area contributed by atoms with Crippen LogP contribution in [-0.2, 0) is 9.59 Å². The first-order valence-electron chi connectivity index (χ1n) is 7.61. The Bertz CT molecular complexity index is 370. The molecule has 4 nitrogen and oxygen atoms in total. The molecule has 0 spiro atoms. The first kappa shape index (κ1) is 14.4. The number of nitrogens with one attached hydrogen (secondary N) is 1. The van der Waals surface area contributed by atoms with Crippen LogP contribution < -0.4 is 5.32 Å². The number of hydrogen-bond donors (Lipinski definition) is 1. The van der Waals surface area contributed by atoms with Crippen molar-refractivity contribution in [2.45, 2.75) is 64.8 Å². The van der Waals surface area contributed by atoms with Gasteiger partial charge in [0.15, 0.2) is 0 Å². The number of carbonyl (C=O) groups is 2. The minimum atomic E-state index is -0.655. The minimum absolute atomic E-state index is 0.00408. The number of nitrogens with zero attached hydrogens (tertiary/aromatic N) is 1. The first-order valence-corrected chi connectivity index (χ1v) is 7.61. The molecule has 0 radical (unpaired) electrons. The summed E-state index contributed by atoms with van der Waals surface area (Å²) in [5, 5.41) is 2.92. The summed E-state index contributed by atoms with van der Waals surface area (Å²) in [6, 6.07) is 0. The molecule has 0 aromatic rings. The summed E-state index contributed by atoms with van der Waals surface area (Å²) in [5.74, 6) is 0.120. The van der Waals surface area contributed by atoms with Crippen molar-refractivity contribution >= 4 is 11.8 Å². The Balaban J connectivity index is 2.12. The van der Waals surface area contributed by atoms with Gasteiger partial charge in [0.2, 0.25) is 11.8 Å². The van der Waals surface area contributed by atoms with Gasteiger partial charge in [-0.25, -0.2) is 0 Å². The molecule has 1 aliphatic carbocycles. The predicted molar refractivity (Wildman–Crippen MR) is 74.6 cm³/mol. The van der Waals surface area contributed by atoms with Crippen molar-refractivity contribution in [1.82, 2.24) is 10.2 Å². The van der Waals surface area contributed by atoms with Crippen molar-refractivity contribution in [3.63, 3.8) is 0 Å². The van der Waals surface area contributed by atoms with Crippen molar-refractivity contribution in [3.8, 4) is 0 Å². The molecule has 0 aromatic heterocycles. The van der Waals surface area contributed by atoms with E-state index in [0.717, 1.165) is 13.0 Å². The van der Waals surface area contributed by atoms with Crippen LogP contribution in [0.2, 0.25) is 0 Å². The standard InChI is InChI=1S/C15H26N2O2/c1-4-7-14(8-9-14)11-17-10-12(18)16-15(5-2,6-3)13(17)19/h4-11H2,1-3H3,(H,16,18). The largest absolute Gasteiger partial charge is 0.340 e. The van der Waals surface area contributed by atoms with Crippen LogP contribution in [0.5, 0.6) is 0 Å². The van der Waals surface area contributed by atoms with Gasteiger partial charge >= 0.3 is 0 Å². The van der Waals surface area contributed by atoms with Gasteiger partial charge in [0, 0.05) is 6.54 Å². The number of rotatable bonds is 6. The molecule has 108 valence electrons. The minimum Gasteiger partial charge on any atom is -0.340 e. The quantitative estimate of drug-likeness (QED) is 0.800. The average molecular weight is 266 g/mol. The Hall–Kier alpha value is -1.06. The maximum atomic E-state index is 12.7. The third kappa shape index (κ3) is 2.63. The summed E-state index contributed by atoms with van der Waals surface area (Å²) in [4.78, 5) is 26.4.